The molecule has 0 radical (unpaired) electrons. The highest BCUT2D eigenvalue weighted by atomic mass is 32.2. The van der Waals surface area contributed by atoms with Gasteiger partial charge < -0.3 is 4.74 Å². The smallest absolute Gasteiger partial charge is 0.343 e. The van der Waals surface area contributed by atoms with E-state index in [4.69, 9.17) is 4.74 Å². The molecule has 118 valence electrons. The Balaban J connectivity index is 2.04. The number of esters is 1. The number of benzene rings is 1. The van der Waals surface area contributed by atoms with Crippen molar-refractivity contribution in [1.29, 1.82) is 0 Å². The lowest BCUT2D eigenvalue weighted by atomic mass is 10.1. The molecule has 0 fully saturated rings. The molecule has 22 heavy (non-hydrogen) atoms. The third-order valence-corrected chi connectivity index (χ3v) is 4.16. The monoisotopic (exact) mass is 321 g/mol. The van der Waals surface area contributed by atoms with Crippen LogP contribution in [0, 0.1) is 0 Å². The zero-order chi connectivity index (χ0) is 15.9. The Bertz CT molecular complexity index is 666. The Morgan fingerprint density at radius 2 is 2.14 bits per heavy atom. The topological polar surface area (TPSA) is 77.0 Å². The van der Waals surface area contributed by atoms with Gasteiger partial charge in [-0.2, -0.15) is 0 Å². The number of thioether (sulfide) groups is 1. The zero-order valence-electron chi connectivity index (χ0n) is 12.6. The van der Waals surface area contributed by atoms with E-state index in [1.807, 2.05) is 30.3 Å². The number of aryl methyl sites for hydroxylation is 1. The average molecular weight is 321 g/mol. The van der Waals surface area contributed by atoms with Crippen molar-refractivity contribution in [3.05, 3.63) is 46.4 Å². The van der Waals surface area contributed by atoms with Gasteiger partial charge in [-0.15, -0.1) is 5.10 Å². The first-order valence-electron chi connectivity index (χ1n) is 7.14. The first-order valence-corrected chi connectivity index (χ1v) is 8.02. The van der Waals surface area contributed by atoms with E-state index >= 15 is 0 Å². The van der Waals surface area contributed by atoms with Crippen LogP contribution in [0.15, 0.2) is 40.3 Å². The Labute approximate surface area is 132 Å². The summed E-state index contributed by atoms with van der Waals surface area (Å²) in [5, 5.41) is 6.52. The fourth-order valence-corrected chi connectivity index (χ4v) is 2.82. The molecule has 2 rings (SSSR count). The lowest BCUT2D eigenvalue weighted by molar-refractivity contribution is -0.142. The summed E-state index contributed by atoms with van der Waals surface area (Å²) in [6.07, 6.45) is 0.724. The molecule has 6 nitrogen and oxygen atoms in total. The second kappa shape index (κ2) is 7.84. The van der Waals surface area contributed by atoms with Crippen LogP contribution in [0.1, 0.15) is 19.4 Å². The number of carbonyl (C=O) groups is 1. The second-order valence-electron chi connectivity index (χ2n) is 4.71. The van der Waals surface area contributed by atoms with Gasteiger partial charge >= 0.3 is 11.7 Å². The van der Waals surface area contributed by atoms with Gasteiger partial charge in [0.2, 0.25) is 0 Å². The number of rotatable bonds is 7. The molecule has 0 saturated carbocycles. The Morgan fingerprint density at radius 1 is 1.41 bits per heavy atom. The lowest BCUT2D eigenvalue weighted by Gasteiger charge is -2.10. The summed E-state index contributed by atoms with van der Waals surface area (Å²) in [5.74, 6) is -0.308. The van der Waals surface area contributed by atoms with Crippen molar-refractivity contribution in [3.63, 3.8) is 0 Å². The van der Waals surface area contributed by atoms with Gasteiger partial charge in [0.05, 0.1) is 6.61 Å². The molecule has 0 spiro atoms. The van der Waals surface area contributed by atoms with Gasteiger partial charge in [-0.1, -0.05) is 42.1 Å². The van der Waals surface area contributed by atoms with Crippen LogP contribution in [0.2, 0.25) is 0 Å². The van der Waals surface area contributed by atoms with Gasteiger partial charge in [-0.05, 0) is 25.8 Å². The molecule has 0 aliphatic heterocycles. The highest BCUT2D eigenvalue weighted by molar-refractivity contribution is 8.00. The van der Waals surface area contributed by atoms with Crippen LogP contribution in [-0.2, 0) is 22.5 Å². The van der Waals surface area contributed by atoms with E-state index in [1.165, 1.54) is 11.8 Å². The van der Waals surface area contributed by atoms with Gasteiger partial charge in [0.25, 0.3) is 0 Å². The van der Waals surface area contributed by atoms with Crippen molar-refractivity contribution in [3.8, 4) is 0 Å². The highest BCUT2D eigenvalue weighted by Crippen LogP contribution is 2.21. The van der Waals surface area contributed by atoms with Gasteiger partial charge in [0.15, 0.2) is 5.16 Å². The molecule has 1 unspecified atom stereocenters. The fraction of sp³-hybridized carbons (Fsp3) is 0.400. The molecule has 1 atom stereocenters. The minimum atomic E-state index is -0.411. The molecule has 1 N–H and O–H groups in total. The molecule has 1 aromatic heterocycles. The largest absolute Gasteiger partial charge is 0.465 e. The van der Waals surface area contributed by atoms with Crippen LogP contribution in [0.25, 0.3) is 0 Å². The number of hydrogen-bond donors (Lipinski definition) is 1. The third-order valence-electron chi connectivity index (χ3n) is 3.09. The summed E-state index contributed by atoms with van der Waals surface area (Å²) < 4.78 is 6.52. The predicted molar refractivity (Wildman–Crippen MR) is 84.9 cm³/mol. The molecular formula is C15H19N3O3S. The number of nitrogens with one attached hydrogen (secondary N) is 1. The number of H-pyrrole nitrogens is 1. The standard InChI is InChI=1S/C15H19N3O3S/c1-3-21-13(19)11(2)22-15-17-16-14(20)18(15)10-9-12-7-5-4-6-8-12/h4-8,11H,3,9-10H2,1-2H3,(H,16,20). The second-order valence-corrected chi connectivity index (χ2v) is 6.02. The predicted octanol–water partition coefficient (Wildman–Crippen LogP) is 1.86. The molecule has 0 saturated heterocycles. The number of aromatic amines is 1. The number of ether oxygens (including phenoxy) is 1. The summed E-state index contributed by atoms with van der Waals surface area (Å²) in [6, 6.07) is 9.91. The van der Waals surface area contributed by atoms with Crippen LogP contribution < -0.4 is 5.69 Å². The van der Waals surface area contributed by atoms with E-state index in [9.17, 15) is 9.59 Å². The van der Waals surface area contributed by atoms with Crippen molar-refractivity contribution < 1.29 is 9.53 Å². The van der Waals surface area contributed by atoms with E-state index in [-0.39, 0.29) is 11.7 Å². The van der Waals surface area contributed by atoms with E-state index in [2.05, 4.69) is 10.2 Å². The number of carbonyl (C=O) groups excluding carboxylic acids is 1. The Morgan fingerprint density at radius 3 is 2.82 bits per heavy atom. The van der Waals surface area contributed by atoms with Crippen LogP contribution in [0.3, 0.4) is 0 Å². The fourth-order valence-electron chi connectivity index (χ4n) is 1.94. The number of hydrogen-bond acceptors (Lipinski definition) is 5. The Kier molecular flexibility index (Phi) is 5.83. The number of aromatic nitrogens is 3. The SMILES string of the molecule is CCOC(=O)C(C)Sc1n[nH]c(=O)n1CCc1ccccc1. The summed E-state index contributed by atoms with van der Waals surface area (Å²) in [5.41, 5.74) is 0.875. The van der Waals surface area contributed by atoms with Crippen molar-refractivity contribution in [2.75, 3.05) is 6.61 Å². The van der Waals surface area contributed by atoms with Crippen molar-refractivity contribution >= 4 is 17.7 Å². The van der Waals surface area contributed by atoms with Gasteiger partial charge in [0.1, 0.15) is 5.25 Å². The van der Waals surface area contributed by atoms with E-state index in [0.29, 0.717) is 18.3 Å². The van der Waals surface area contributed by atoms with E-state index in [0.717, 1.165) is 12.0 Å². The van der Waals surface area contributed by atoms with Crippen molar-refractivity contribution in [2.24, 2.45) is 0 Å². The van der Waals surface area contributed by atoms with Crippen LogP contribution >= 0.6 is 11.8 Å². The first kappa shape index (κ1) is 16.4. The minimum Gasteiger partial charge on any atom is -0.465 e. The number of nitrogens with zero attached hydrogens (tertiary/aromatic N) is 2. The van der Waals surface area contributed by atoms with Gasteiger partial charge in [0, 0.05) is 6.54 Å². The van der Waals surface area contributed by atoms with Crippen LogP contribution in [0.5, 0.6) is 0 Å². The molecule has 0 amide bonds. The van der Waals surface area contributed by atoms with E-state index in [1.54, 1.807) is 18.4 Å². The quantitative estimate of drug-likeness (QED) is 0.622. The summed E-state index contributed by atoms with van der Waals surface area (Å²) in [6.45, 7) is 4.35. The molecule has 1 aromatic carbocycles. The van der Waals surface area contributed by atoms with Crippen LogP contribution in [-0.4, -0.2) is 32.6 Å². The maximum Gasteiger partial charge on any atom is 0.343 e. The van der Waals surface area contributed by atoms with Crippen molar-refractivity contribution in [2.45, 2.75) is 37.2 Å². The molecule has 0 bridgehead atoms. The van der Waals surface area contributed by atoms with Gasteiger partial charge in [-0.25, -0.2) is 9.89 Å². The highest BCUT2D eigenvalue weighted by Gasteiger charge is 2.19. The van der Waals surface area contributed by atoms with Crippen molar-refractivity contribution in [1.82, 2.24) is 14.8 Å². The van der Waals surface area contributed by atoms with Crippen LogP contribution in [0.4, 0.5) is 0 Å². The molecular weight excluding hydrogens is 302 g/mol. The van der Waals surface area contributed by atoms with Gasteiger partial charge in [-0.3, -0.25) is 9.36 Å². The molecule has 7 heteroatoms. The molecule has 0 aliphatic carbocycles. The Hall–Kier alpha value is -2.02. The molecule has 1 heterocycles. The van der Waals surface area contributed by atoms with E-state index < -0.39 is 5.25 Å². The summed E-state index contributed by atoms with van der Waals surface area (Å²) in [7, 11) is 0. The average Bonchev–Trinajstić information content (AvgIpc) is 2.86. The third kappa shape index (κ3) is 4.24. The maximum absolute atomic E-state index is 11.9. The summed E-state index contributed by atoms with van der Waals surface area (Å²) >= 11 is 1.22. The molecule has 2 aromatic rings. The normalized spacial score (nSPS) is 12.1. The molecule has 0 aliphatic rings. The first-order chi connectivity index (χ1) is 10.6. The lowest BCUT2D eigenvalue weighted by Crippen LogP contribution is -2.21. The minimum absolute atomic E-state index is 0.269. The zero-order valence-corrected chi connectivity index (χ0v) is 13.4. The summed E-state index contributed by atoms with van der Waals surface area (Å²) in [4.78, 5) is 23.5. The maximum atomic E-state index is 11.9.